The normalized spacial score (nSPS) is 45.2. The Hall–Kier alpha value is -1.78. The number of aliphatic hydroxyl groups is 1. The molecule has 0 amide bonds. The highest BCUT2D eigenvalue weighted by atomic mass is 32.2. The third-order valence-corrected chi connectivity index (χ3v) is 10.7. The molecule has 0 spiro atoms. The summed E-state index contributed by atoms with van der Waals surface area (Å²) in [7, 11) is -3.94. The molecular weight excluding hydrogens is 476 g/mol. The summed E-state index contributed by atoms with van der Waals surface area (Å²) in [5.74, 6) is -3.43. The van der Waals surface area contributed by atoms with Gasteiger partial charge < -0.3 is 15.3 Å². The third-order valence-electron chi connectivity index (χ3n) is 10.1. The fourth-order valence-corrected chi connectivity index (χ4v) is 8.95. The standard InChI is InChI=1S/C25H36O9S/c1-22-8-5-15(26)11-14(22)12-23(2,21(29)30)19-16-6-9-25(31,10-7-18(27)28)24(16,3)13-17(20(19)22)34-35(4,32)33/h11,16-17,19-20,31H,5-10,12-13H2,1-4H3,(H,27,28)(H,29,30)/t16-,17?,19-,20-,22-,23?,24-,25-/m0/s1. The van der Waals surface area contributed by atoms with Crippen molar-refractivity contribution in [3.63, 3.8) is 0 Å². The van der Waals surface area contributed by atoms with E-state index in [1.54, 1.807) is 13.0 Å². The van der Waals surface area contributed by atoms with Gasteiger partial charge in [0.25, 0.3) is 10.1 Å². The fourth-order valence-electron chi connectivity index (χ4n) is 8.32. The van der Waals surface area contributed by atoms with Crippen LogP contribution in [0.15, 0.2) is 11.6 Å². The van der Waals surface area contributed by atoms with Gasteiger partial charge in [0.05, 0.1) is 23.4 Å². The third kappa shape index (κ3) is 3.96. The van der Waals surface area contributed by atoms with Crippen LogP contribution >= 0.6 is 0 Å². The van der Waals surface area contributed by atoms with Crippen molar-refractivity contribution in [3.8, 4) is 0 Å². The van der Waals surface area contributed by atoms with Crippen molar-refractivity contribution < 1.29 is 42.3 Å². The molecule has 0 aliphatic heterocycles. The first-order chi connectivity index (χ1) is 16.0. The second kappa shape index (κ2) is 8.11. The SMILES string of the molecule is CC1(C(=O)O)CC2=CC(=O)CC[C@]2(C)[C@H]2C(OS(C)(=O)=O)C[C@@]3(C)[C@@H](CC[C@]3(O)CCC(=O)O)[C@@H]21. The number of carbonyl (C=O) groups excluding carboxylic acids is 1. The van der Waals surface area contributed by atoms with E-state index in [0.29, 0.717) is 25.7 Å². The molecular formula is C25H36O9S. The average Bonchev–Trinajstić information content (AvgIpc) is 2.97. The van der Waals surface area contributed by atoms with Gasteiger partial charge in [-0.15, -0.1) is 0 Å². The van der Waals surface area contributed by atoms with Crippen LogP contribution in [0.3, 0.4) is 0 Å². The number of fused-ring (bicyclic) bond motifs is 5. The summed E-state index contributed by atoms with van der Waals surface area (Å²) in [6, 6.07) is 0. The van der Waals surface area contributed by atoms with E-state index >= 15 is 0 Å². The highest BCUT2D eigenvalue weighted by Gasteiger charge is 2.72. The van der Waals surface area contributed by atoms with Crippen molar-refractivity contribution in [2.24, 2.45) is 34.0 Å². The summed E-state index contributed by atoms with van der Waals surface area (Å²) >= 11 is 0. The summed E-state index contributed by atoms with van der Waals surface area (Å²) < 4.78 is 30.5. The molecule has 0 heterocycles. The van der Waals surface area contributed by atoms with E-state index in [2.05, 4.69) is 0 Å². The molecule has 0 radical (unpaired) electrons. The van der Waals surface area contributed by atoms with Crippen LogP contribution in [0, 0.1) is 34.0 Å². The van der Waals surface area contributed by atoms with E-state index in [4.69, 9.17) is 4.18 Å². The number of aliphatic carboxylic acids is 2. The summed E-state index contributed by atoms with van der Waals surface area (Å²) in [4.78, 5) is 36.5. The van der Waals surface area contributed by atoms with Crippen LogP contribution < -0.4 is 0 Å². The van der Waals surface area contributed by atoms with E-state index in [1.807, 2.05) is 13.8 Å². The van der Waals surface area contributed by atoms with E-state index in [9.17, 15) is 38.1 Å². The molecule has 35 heavy (non-hydrogen) atoms. The lowest BCUT2D eigenvalue weighted by atomic mass is 9.40. The molecule has 0 bridgehead atoms. The molecule has 4 aliphatic carbocycles. The number of carboxylic acid groups (broad SMARTS) is 2. The van der Waals surface area contributed by atoms with E-state index in [0.717, 1.165) is 11.8 Å². The Morgan fingerprint density at radius 3 is 2.37 bits per heavy atom. The van der Waals surface area contributed by atoms with Crippen molar-refractivity contribution >= 4 is 27.8 Å². The zero-order chi connectivity index (χ0) is 26.2. The Bertz CT molecular complexity index is 1100. The first kappa shape index (κ1) is 26.3. The van der Waals surface area contributed by atoms with E-state index in [-0.39, 0.29) is 37.4 Å². The number of allylic oxidation sites excluding steroid dienone is 1. The molecule has 8 atom stereocenters. The first-order valence-corrected chi connectivity index (χ1v) is 14.1. The van der Waals surface area contributed by atoms with Gasteiger partial charge in [-0.3, -0.25) is 18.6 Å². The molecule has 3 N–H and O–H groups in total. The highest BCUT2D eigenvalue weighted by molar-refractivity contribution is 7.86. The van der Waals surface area contributed by atoms with Gasteiger partial charge in [-0.1, -0.05) is 19.4 Å². The summed E-state index contributed by atoms with van der Waals surface area (Å²) in [6.45, 7) is 5.48. The molecule has 0 saturated heterocycles. The molecule has 3 saturated carbocycles. The largest absolute Gasteiger partial charge is 0.481 e. The van der Waals surface area contributed by atoms with Crippen molar-refractivity contribution in [3.05, 3.63) is 11.6 Å². The van der Waals surface area contributed by atoms with E-state index < -0.39 is 61.8 Å². The maximum atomic E-state index is 12.8. The lowest BCUT2D eigenvalue weighted by Gasteiger charge is -2.65. The summed E-state index contributed by atoms with van der Waals surface area (Å²) in [5, 5.41) is 31.5. The zero-order valence-corrected chi connectivity index (χ0v) is 21.6. The van der Waals surface area contributed by atoms with Crippen LogP contribution in [-0.4, -0.2) is 59.4 Å². The fraction of sp³-hybridized carbons (Fsp3) is 0.800. The quantitative estimate of drug-likeness (QED) is 0.455. The minimum Gasteiger partial charge on any atom is -0.481 e. The topological polar surface area (TPSA) is 155 Å². The van der Waals surface area contributed by atoms with Gasteiger partial charge in [0.2, 0.25) is 0 Å². The first-order valence-electron chi connectivity index (χ1n) is 12.3. The van der Waals surface area contributed by atoms with Crippen molar-refractivity contribution in [2.45, 2.75) is 83.8 Å². The van der Waals surface area contributed by atoms with Gasteiger partial charge >= 0.3 is 11.9 Å². The summed E-state index contributed by atoms with van der Waals surface area (Å²) in [6.07, 6.45) is 3.27. The van der Waals surface area contributed by atoms with Crippen molar-refractivity contribution in [1.29, 1.82) is 0 Å². The van der Waals surface area contributed by atoms with Gasteiger partial charge in [-0.2, -0.15) is 8.42 Å². The average molecular weight is 513 g/mol. The molecule has 0 aromatic carbocycles. The van der Waals surface area contributed by atoms with Gasteiger partial charge in [-0.05, 0) is 74.7 Å². The molecule has 9 nitrogen and oxygen atoms in total. The van der Waals surface area contributed by atoms with Crippen LogP contribution in [0.25, 0.3) is 0 Å². The van der Waals surface area contributed by atoms with Crippen molar-refractivity contribution in [1.82, 2.24) is 0 Å². The van der Waals surface area contributed by atoms with Gasteiger partial charge in [0.1, 0.15) is 0 Å². The lowest BCUT2D eigenvalue weighted by Crippen LogP contribution is -2.65. The van der Waals surface area contributed by atoms with Gasteiger partial charge in [-0.25, -0.2) is 0 Å². The minimum absolute atomic E-state index is 0.000969. The van der Waals surface area contributed by atoms with Crippen LogP contribution in [0.2, 0.25) is 0 Å². The van der Waals surface area contributed by atoms with Crippen LogP contribution in [0.1, 0.15) is 72.1 Å². The van der Waals surface area contributed by atoms with Gasteiger partial charge in [0.15, 0.2) is 5.78 Å². The Morgan fingerprint density at radius 1 is 1.14 bits per heavy atom. The highest BCUT2D eigenvalue weighted by Crippen LogP contribution is 2.72. The molecule has 2 unspecified atom stereocenters. The molecule has 0 aromatic rings. The maximum Gasteiger partial charge on any atom is 0.309 e. The monoisotopic (exact) mass is 512 g/mol. The lowest BCUT2D eigenvalue weighted by molar-refractivity contribution is -0.204. The Kier molecular flexibility index (Phi) is 6.09. The Balaban J connectivity index is 1.92. The van der Waals surface area contributed by atoms with E-state index in [1.165, 1.54) is 0 Å². The number of hydrogen-bond donors (Lipinski definition) is 3. The van der Waals surface area contributed by atoms with Crippen LogP contribution in [-0.2, 0) is 28.7 Å². The molecule has 10 heteroatoms. The molecule has 4 rings (SSSR count). The number of rotatable bonds is 6. The minimum atomic E-state index is -3.94. The number of ketones is 1. The maximum absolute atomic E-state index is 12.8. The van der Waals surface area contributed by atoms with Crippen LogP contribution in [0.4, 0.5) is 0 Å². The molecule has 196 valence electrons. The predicted molar refractivity (Wildman–Crippen MR) is 125 cm³/mol. The number of hydrogen-bond acceptors (Lipinski definition) is 7. The summed E-state index contributed by atoms with van der Waals surface area (Å²) in [5.41, 5.74) is -3.52. The van der Waals surface area contributed by atoms with Crippen LogP contribution in [0.5, 0.6) is 0 Å². The number of carbonyl (C=O) groups is 3. The smallest absolute Gasteiger partial charge is 0.309 e. The molecule has 3 fully saturated rings. The predicted octanol–water partition coefficient (Wildman–Crippen LogP) is 2.77. The Labute approximate surface area is 206 Å². The Morgan fingerprint density at radius 2 is 1.80 bits per heavy atom. The second-order valence-corrected chi connectivity index (χ2v) is 13.6. The zero-order valence-electron chi connectivity index (χ0n) is 20.7. The van der Waals surface area contributed by atoms with Gasteiger partial charge in [0, 0.05) is 18.3 Å². The molecule has 0 aromatic heterocycles. The second-order valence-electron chi connectivity index (χ2n) is 12.0. The number of carboxylic acids is 2. The molecule has 4 aliphatic rings. The van der Waals surface area contributed by atoms with Crippen molar-refractivity contribution in [2.75, 3.05) is 6.26 Å².